The molecule has 0 unspecified atom stereocenters. The number of rotatable bonds is 4. The fraction of sp³-hybridized carbons (Fsp3) is 0.0909. The predicted octanol–water partition coefficient (Wildman–Crippen LogP) is 3.95. The highest BCUT2D eigenvalue weighted by atomic mass is 32.2. The van der Waals surface area contributed by atoms with Gasteiger partial charge in [0.05, 0.1) is 17.1 Å². The van der Waals surface area contributed by atoms with Crippen molar-refractivity contribution in [3.05, 3.63) is 66.2 Å². The summed E-state index contributed by atoms with van der Waals surface area (Å²) in [4.78, 5) is 16.7. The van der Waals surface area contributed by atoms with Crippen LogP contribution in [0.25, 0.3) is 0 Å². The molecule has 0 aromatic heterocycles. The van der Waals surface area contributed by atoms with Crippen LogP contribution in [0.2, 0.25) is 0 Å². The summed E-state index contributed by atoms with van der Waals surface area (Å²) in [5, 5.41) is 33.2. The Hall–Kier alpha value is -3.65. The van der Waals surface area contributed by atoms with Crippen molar-refractivity contribution in [2.24, 2.45) is 5.10 Å². The van der Waals surface area contributed by atoms with Gasteiger partial charge in [0.2, 0.25) is 5.75 Å². The van der Waals surface area contributed by atoms with Crippen LogP contribution in [0.4, 0.5) is 11.4 Å². The number of benzene rings is 3. The number of anilines is 2. The number of phenolic OH excluding ortho intramolecular Hbond substituents is 3. The van der Waals surface area contributed by atoms with E-state index in [2.05, 4.69) is 10.5 Å². The van der Waals surface area contributed by atoms with Gasteiger partial charge in [0.1, 0.15) is 6.54 Å². The molecule has 0 bridgehead atoms. The minimum absolute atomic E-state index is 0.0739. The van der Waals surface area contributed by atoms with Crippen LogP contribution in [0.1, 0.15) is 12.5 Å². The monoisotopic (exact) mass is 421 g/mol. The van der Waals surface area contributed by atoms with Gasteiger partial charge < -0.3 is 20.7 Å². The maximum Gasteiger partial charge on any atom is 0.252 e. The molecule has 0 saturated heterocycles. The summed E-state index contributed by atoms with van der Waals surface area (Å²) >= 11 is 1.62. The summed E-state index contributed by atoms with van der Waals surface area (Å²) in [5.74, 6) is -1.70. The van der Waals surface area contributed by atoms with Crippen molar-refractivity contribution in [1.82, 2.24) is 5.43 Å². The van der Waals surface area contributed by atoms with E-state index in [9.17, 15) is 20.1 Å². The molecule has 30 heavy (non-hydrogen) atoms. The number of phenols is 3. The van der Waals surface area contributed by atoms with Gasteiger partial charge >= 0.3 is 0 Å². The highest BCUT2D eigenvalue weighted by Gasteiger charge is 2.27. The number of hydrazone groups is 1. The largest absolute Gasteiger partial charge is 0.504 e. The van der Waals surface area contributed by atoms with Crippen LogP contribution in [0.3, 0.4) is 0 Å². The minimum atomic E-state index is -0.614. The van der Waals surface area contributed by atoms with Crippen LogP contribution in [0.5, 0.6) is 17.2 Å². The number of nitrogens with one attached hydrogen (secondary N) is 1. The number of fused-ring (bicyclic) bond motifs is 2. The van der Waals surface area contributed by atoms with E-state index < -0.39 is 17.2 Å². The van der Waals surface area contributed by atoms with Gasteiger partial charge in [0.25, 0.3) is 5.91 Å². The molecule has 3 aromatic rings. The standard InChI is InChI=1S/C22H19N3O4S/c1-13(14-10-11-17(26)22(29)21(14)28)24-23-12-20(27)25-15-6-2-4-8-18(15)30-19-9-5-3-7-16(19)25/h2-11,23,26,28-29H,12H2,1H3/b24-13+. The molecule has 4 N–H and O–H groups in total. The molecular formula is C22H19N3O4S. The topological polar surface area (TPSA) is 105 Å². The van der Waals surface area contributed by atoms with E-state index in [4.69, 9.17) is 0 Å². The SMILES string of the molecule is C/C(=N\NCC(=O)N1c2ccccc2Sc2ccccc21)c1ccc(O)c(O)c1O. The van der Waals surface area contributed by atoms with E-state index in [1.807, 2.05) is 48.5 Å². The van der Waals surface area contributed by atoms with E-state index in [0.29, 0.717) is 5.71 Å². The third-order valence-electron chi connectivity index (χ3n) is 4.68. The molecule has 1 aliphatic rings. The quantitative estimate of drug-likeness (QED) is 0.289. The molecule has 1 amide bonds. The molecule has 3 aromatic carbocycles. The molecule has 0 spiro atoms. The van der Waals surface area contributed by atoms with Crippen molar-refractivity contribution in [3.8, 4) is 17.2 Å². The van der Waals surface area contributed by atoms with Crippen LogP contribution in [-0.4, -0.2) is 33.5 Å². The van der Waals surface area contributed by atoms with Gasteiger partial charge in [-0.3, -0.25) is 9.69 Å². The summed E-state index contributed by atoms with van der Waals surface area (Å²) in [6.07, 6.45) is 0. The van der Waals surface area contributed by atoms with Gasteiger partial charge in [-0.15, -0.1) is 0 Å². The summed E-state index contributed by atoms with van der Waals surface area (Å²) in [7, 11) is 0. The lowest BCUT2D eigenvalue weighted by Gasteiger charge is -2.30. The fourth-order valence-electron chi connectivity index (χ4n) is 3.20. The van der Waals surface area contributed by atoms with Crippen molar-refractivity contribution in [1.29, 1.82) is 0 Å². The number of carbonyl (C=O) groups excluding carboxylic acids is 1. The molecule has 7 nitrogen and oxygen atoms in total. The summed E-state index contributed by atoms with van der Waals surface area (Å²) < 4.78 is 0. The molecule has 8 heteroatoms. The van der Waals surface area contributed by atoms with Crippen molar-refractivity contribution < 1.29 is 20.1 Å². The van der Waals surface area contributed by atoms with Crippen molar-refractivity contribution in [2.45, 2.75) is 16.7 Å². The fourth-order valence-corrected chi connectivity index (χ4v) is 4.26. The van der Waals surface area contributed by atoms with Gasteiger partial charge in [-0.25, -0.2) is 0 Å². The zero-order chi connectivity index (χ0) is 21.3. The number of nitrogens with zero attached hydrogens (tertiary/aromatic N) is 2. The molecular weight excluding hydrogens is 402 g/mol. The highest BCUT2D eigenvalue weighted by Crippen LogP contribution is 2.47. The first-order valence-electron chi connectivity index (χ1n) is 9.17. The molecule has 1 heterocycles. The summed E-state index contributed by atoms with van der Waals surface area (Å²) in [5.41, 5.74) is 4.97. The number of amides is 1. The Bertz CT molecular complexity index is 1120. The average molecular weight is 421 g/mol. The smallest absolute Gasteiger partial charge is 0.252 e. The van der Waals surface area contributed by atoms with Crippen LogP contribution < -0.4 is 10.3 Å². The van der Waals surface area contributed by atoms with Gasteiger partial charge in [-0.2, -0.15) is 5.10 Å². The second-order valence-corrected chi connectivity index (χ2v) is 7.71. The van der Waals surface area contributed by atoms with Gasteiger partial charge in [-0.05, 0) is 43.3 Å². The summed E-state index contributed by atoms with van der Waals surface area (Å²) in [6.45, 7) is 1.54. The number of hydrogen-bond acceptors (Lipinski definition) is 7. The van der Waals surface area contributed by atoms with Crippen LogP contribution >= 0.6 is 11.8 Å². The Morgan fingerprint density at radius 2 is 1.53 bits per heavy atom. The molecule has 4 rings (SSSR count). The predicted molar refractivity (Wildman–Crippen MR) is 116 cm³/mol. The van der Waals surface area contributed by atoms with Crippen molar-refractivity contribution in [2.75, 3.05) is 11.4 Å². The first-order chi connectivity index (χ1) is 14.5. The van der Waals surface area contributed by atoms with Gasteiger partial charge in [0, 0.05) is 15.4 Å². The molecule has 0 aliphatic carbocycles. The lowest BCUT2D eigenvalue weighted by atomic mass is 10.1. The van der Waals surface area contributed by atoms with Crippen LogP contribution in [0.15, 0.2) is 75.6 Å². The number of aromatic hydroxyl groups is 3. The van der Waals surface area contributed by atoms with Gasteiger partial charge in [0.15, 0.2) is 11.5 Å². The Morgan fingerprint density at radius 3 is 2.17 bits per heavy atom. The lowest BCUT2D eigenvalue weighted by molar-refractivity contribution is -0.117. The Balaban J connectivity index is 1.55. The second kappa shape index (κ2) is 8.00. The highest BCUT2D eigenvalue weighted by molar-refractivity contribution is 7.99. The molecule has 0 radical (unpaired) electrons. The molecule has 0 fully saturated rings. The normalized spacial score (nSPS) is 12.8. The first kappa shape index (κ1) is 19.7. The molecule has 152 valence electrons. The molecule has 0 saturated carbocycles. The zero-order valence-electron chi connectivity index (χ0n) is 16.0. The molecule has 0 atom stereocenters. The first-order valence-corrected chi connectivity index (χ1v) is 9.99. The minimum Gasteiger partial charge on any atom is -0.504 e. The number of carbonyl (C=O) groups is 1. The number of para-hydroxylation sites is 2. The summed E-state index contributed by atoms with van der Waals surface area (Å²) in [6, 6.07) is 18.1. The van der Waals surface area contributed by atoms with Crippen LogP contribution in [-0.2, 0) is 4.79 Å². The lowest BCUT2D eigenvalue weighted by Crippen LogP contribution is -2.35. The Kier molecular flexibility index (Phi) is 5.24. The van der Waals surface area contributed by atoms with Crippen molar-refractivity contribution in [3.63, 3.8) is 0 Å². The second-order valence-electron chi connectivity index (χ2n) is 6.63. The van der Waals surface area contributed by atoms with E-state index in [1.165, 1.54) is 12.1 Å². The zero-order valence-corrected chi connectivity index (χ0v) is 16.8. The van der Waals surface area contributed by atoms with Gasteiger partial charge in [-0.1, -0.05) is 36.0 Å². The third kappa shape index (κ3) is 3.53. The van der Waals surface area contributed by atoms with Crippen molar-refractivity contribution >= 4 is 34.8 Å². The van der Waals surface area contributed by atoms with E-state index in [0.717, 1.165) is 21.2 Å². The third-order valence-corrected chi connectivity index (χ3v) is 5.81. The Morgan fingerprint density at radius 1 is 0.933 bits per heavy atom. The van der Waals surface area contributed by atoms with E-state index >= 15 is 0 Å². The maximum atomic E-state index is 13.1. The molecule has 1 aliphatic heterocycles. The average Bonchev–Trinajstić information content (AvgIpc) is 2.75. The maximum absolute atomic E-state index is 13.1. The van der Waals surface area contributed by atoms with Crippen LogP contribution in [0, 0.1) is 0 Å². The van der Waals surface area contributed by atoms with E-state index in [1.54, 1.807) is 23.6 Å². The Labute approximate surface area is 177 Å². The van der Waals surface area contributed by atoms with E-state index in [-0.39, 0.29) is 18.0 Å². The number of hydrogen-bond donors (Lipinski definition) is 4.